The Hall–Kier alpha value is -8.37. The van der Waals surface area contributed by atoms with E-state index in [-0.39, 0.29) is 29.2 Å². The number of aromatic carboxylic acids is 1. The van der Waals surface area contributed by atoms with Gasteiger partial charge in [-0.2, -0.15) is 52.7 Å². The Labute approximate surface area is 685 Å². The maximum Gasteiger partial charge on any atom is 0.484 e. The number of carbonyl (C=O) groups excluding carboxylic acids is 5. The van der Waals surface area contributed by atoms with Crippen molar-refractivity contribution in [1.82, 2.24) is 16.0 Å². The van der Waals surface area contributed by atoms with Crippen LogP contribution in [0.1, 0.15) is 208 Å². The number of halogens is 16. The van der Waals surface area contributed by atoms with Crippen LogP contribution in [0.25, 0.3) is 12.2 Å². The van der Waals surface area contributed by atoms with E-state index >= 15 is 0 Å². The quantitative estimate of drug-likeness (QED) is 0.0153. The van der Waals surface area contributed by atoms with E-state index in [2.05, 4.69) is 47.8 Å². The van der Waals surface area contributed by atoms with Crippen molar-refractivity contribution in [2.75, 3.05) is 6.61 Å². The van der Waals surface area contributed by atoms with Crippen LogP contribution in [0.4, 0.5) is 52.7 Å². The fourth-order valence-corrected chi connectivity index (χ4v) is 10.9. The molecule has 34 heteroatoms. The number of aryl methyl sites for hydroxylation is 4. The van der Waals surface area contributed by atoms with Gasteiger partial charge in [0.1, 0.15) is 6.04 Å². The number of ether oxygens (including phenoxy) is 1. The van der Waals surface area contributed by atoms with Crippen LogP contribution in [0.3, 0.4) is 0 Å². The molecule has 10 rings (SSSR count). The summed E-state index contributed by atoms with van der Waals surface area (Å²) in [5.74, 6) is -4.67. The van der Waals surface area contributed by atoms with Crippen LogP contribution in [-0.2, 0) is 36.1 Å². The average molecular weight is 1800 g/mol. The van der Waals surface area contributed by atoms with Gasteiger partial charge in [0.15, 0.2) is 5.78 Å². The predicted octanol–water partition coefficient (Wildman–Crippen LogP) is 20.0. The zero-order chi connectivity index (χ0) is 87.1. The number of allylic oxidation sites excluding steroid dienone is 1. The normalized spacial score (nSPS) is 14.7. The number of hydrogen-bond acceptors (Lipinski definition) is 12. The number of alkyl halides is 12. The van der Waals surface area contributed by atoms with Gasteiger partial charge in [-0.25, -0.2) is 14.4 Å². The van der Waals surface area contributed by atoms with Crippen molar-refractivity contribution in [2.45, 2.75) is 193 Å². The number of nitrogens with one attached hydrogen (secondary N) is 3. The molecule has 626 valence electrons. The first-order valence-electron chi connectivity index (χ1n) is 35.7. The fourth-order valence-electron chi connectivity index (χ4n) is 9.45. The average Bonchev–Trinajstić information content (AvgIpc) is 1.76. The van der Waals surface area contributed by atoms with Crippen molar-refractivity contribution < 1.29 is 111 Å². The zero-order valence-corrected chi connectivity index (χ0v) is 68.9. The SMILES string of the molecule is CCOC(=O)/C=C/B(O)OC(C)(C)C(C)(C)C.Cc1cc(/C=C/C(=O)CC(c2cc(Cl)cc(C(F)(F)F)c2)C(F)(F)F)ccc1C(=O)NC1CC1.Cc1cc(/C=C/C(=O)O)ccc1C(=O)NC1CC1.Cc1cc(Br)ccc1C(=O)NC1CC1.Cc1cc(Br)ccc1C(=O)O.NC(c1cc(Cl)cc(C(F)(F)F)c1)C(F)(F)F.NC1CC1. The molecule has 0 heterocycles. The molecule has 4 fully saturated rings. The maximum absolute atomic E-state index is 13.6. The van der Waals surface area contributed by atoms with Crippen molar-refractivity contribution in [3.63, 3.8) is 0 Å². The molecule has 2 atom stereocenters. The molecule has 0 radical (unpaired) electrons. The van der Waals surface area contributed by atoms with Crippen molar-refractivity contribution in [2.24, 2.45) is 16.9 Å². The molecule has 0 bridgehead atoms. The summed E-state index contributed by atoms with van der Waals surface area (Å²) >= 11 is 17.6. The largest absolute Gasteiger partial charge is 0.484 e. The smallest absolute Gasteiger partial charge is 0.478 e. The summed E-state index contributed by atoms with van der Waals surface area (Å²) < 4.78 is 166. The molecule has 2 unspecified atom stereocenters. The minimum absolute atomic E-state index is 0.0521. The monoisotopic (exact) mass is 1790 g/mol. The van der Waals surface area contributed by atoms with Crippen LogP contribution in [-0.4, -0.2) is 112 Å². The lowest BCUT2D eigenvalue weighted by Crippen LogP contribution is -2.43. The van der Waals surface area contributed by atoms with Gasteiger partial charge in [-0.1, -0.05) is 106 Å². The lowest BCUT2D eigenvalue weighted by Gasteiger charge is -2.39. The number of hydrogen-bond donors (Lipinski definition) is 8. The molecule has 115 heavy (non-hydrogen) atoms. The van der Waals surface area contributed by atoms with Gasteiger partial charge < -0.3 is 52.0 Å². The van der Waals surface area contributed by atoms with E-state index in [1.807, 2.05) is 66.7 Å². The Morgan fingerprint density at radius 1 is 0.539 bits per heavy atom. The number of carboxylic acids is 2. The molecule has 0 aromatic heterocycles. The third kappa shape index (κ3) is 36.8. The fraction of sp³-hybridized carbons (Fsp3) is 0.395. The number of amides is 3. The first kappa shape index (κ1) is 99.0. The number of benzene rings is 6. The van der Waals surface area contributed by atoms with Crippen LogP contribution in [0.5, 0.6) is 0 Å². The van der Waals surface area contributed by atoms with Crippen molar-refractivity contribution in [3.8, 4) is 0 Å². The molecule has 3 amide bonds. The molecule has 17 nitrogen and oxygen atoms in total. The Morgan fingerprint density at radius 2 is 0.913 bits per heavy atom. The first-order valence-corrected chi connectivity index (χ1v) is 38.0. The Morgan fingerprint density at radius 3 is 1.24 bits per heavy atom. The van der Waals surface area contributed by atoms with E-state index in [1.165, 1.54) is 37.0 Å². The lowest BCUT2D eigenvalue weighted by molar-refractivity contribution is -0.156. The number of carboxylic acid groups (broad SMARTS) is 2. The van der Waals surface area contributed by atoms with E-state index in [9.17, 15) is 91.3 Å². The number of nitrogens with two attached hydrogens (primary N) is 2. The molecular formula is C81H90BBr2Cl2F12N5O12. The highest BCUT2D eigenvalue weighted by molar-refractivity contribution is 9.10. The topological polar surface area (TPSA) is 287 Å². The van der Waals surface area contributed by atoms with Crippen LogP contribution in [0, 0.1) is 33.1 Å². The van der Waals surface area contributed by atoms with Crippen molar-refractivity contribution in [1.29, 1.82) is 0 Å². The summed E-state index contributed by atoms with van der Waals surface area (Å²) in [5, 5.41) is 34.6. The Balaban J connectivity index is 0.000000299. The standard InChI is InChI=1S/C24H20ClF6NO2.C14H15NO3.C12H23BO4.C11H12BrNO.C9H6ClF6N.C8H7BrO2.C3H7N/c1-13-8-14(3-7-20(13)22(34)32-18-4-5-18)2-6-19(33)12-21(24(29,30)31)15-9-16(23(26,27)28)11-17(25)10-15;1-9-8-10(3-7-13(16)17)2-6-12(9)14(18)15-11-4-5-11;1-7-16-10(14)8-9-13(15)17-12(5,6)11(2,3)4;1-7-6-8(12)2-5-10(7)11(14)13-9-3-4-9;10-6-2-4(7(17)9(14,15)16)1-5(3-6)8(11,12)13;1-5-4-6(9)2-3-7(5)8(10)11;4-3-1-2-3/h2-3,6-11,18,21H,4-5,12H2,1H3,(H,32,34);2-3,6-8,11H,4-5H2,1H3,(H,15,18)(H,16,17);8-9,15H,7H2,1-6H3;2,5-6,9H,3-4H2,1H3,(H,13,14);1-3,7H,17H2;2-4H,1H3,(H,10,11);3H,1-2,4H2/b6-2+;7-3+;9-8+;;;;. The van der Waals surface area contributed by atoms with Gasteiger partial charge in [-0.3, -0.25) is 19.2 Å². The lowest BCUT2D eigenvalue weighted by atomic mass is 9.76. The summed E-state index contributed by atoms with van der Waals surface area (Å²) in [4.78, 5) is 80.0. The highest BCUT2D eigenvalue weighted by Crippen LogP contribution is 2.43. The maximum atomic E-state index is 13.6. The summed E-state index contributed by atoms with van der Waals surface area (Å²) in [6, 6.07) is 23.1. The number of rotatable bonds is 20. The molecule has 0 spiro atoms. The second-order valence-corrected chi connectivity index (χ2v) is 31.4. The van der Waals surface area contributed by atoms with Crippen LogP contribution in [0.2, 0.25) is 10.0 Å². The van der Waals surface area contributed by atoms with Gasteiger partial charge in [-0.15, -0.1) is 0 Å². The van der Waals surface area contributed by atoms with Gasteiger partial charge in [-0.05, 0) is 253 Å². The number of ketones is 1. The third-order valence-corrected chi connectivity index (χ3v) is 18.8. The summed E-state index contributed by atoms with van der Waals surface area (Å²) in [7, 11) is -1.12. The molecular weight excluding hydrogens is 1700 g/mol. The molecule has 4 aliphatic carbocycles. The van der Waals surface area contributed by atoms with E-state index in [0.29, 0.717) is 76.8 Å². The van der Waals surface area contributed by atoms with Crippen molar-refractivity contribution >= 4 is 116 Å². The Bertz CT molecular complexity index is 4460. The molecule has 0 saturated heterocycles. The van der Waals surface area contributed by atoms with Gasteiger partial charge in [0.05, 0.1) is 34.8 Å². The van der Waals surface area contributed by atoms with Crippen LogP contribution < -0.4 is 27.4 Å². The van der Waals surface area contributed by atoms with Crippen LogP contribution in [0.15, 0.2) is 142 Å². The second-order valence-electron chi connectivity index (χ2n) is 28.7. The first-order chi connectivity index (χ1) is 53.1. The van der Waals surface area contributed by atoms with E-state index in [4.69, 9.17) is 54.3 Å². The summed E-state index contributed by atoms with van der Waals surface area (Å²) in [6.45, 7) is 19.2. The van der Waals surface area contributed by atoms with Crippen LogP contribution >= 0.6 is 55.1 Å². The number of carbonyl (C=O) groups is 7. The second kappa shape index (κ2) is 43.7. The molecule has 0 aliphatic heterocycles. The molecule has 4 saturated carbocycles. The minimum atomic E-state index is -4.97. The molecule has 4 aliphatic rings. The highest BCUT2D eigenvalue weighted by atomic mass is 79.9. The Kier molecular flexibility index (Phi) is 37.6. The van der Waals surface area contributed by atoms with Gasteiger partial charge in [0.25, 0.3) is 17.7 Å². The summed E-state index contributed by atoms with van der Waals surface area (Å²) in [6.07, 6.45) is -5.78. The van der Waals surface area contributed by atoms with Gasteiger partial charge in [0.2, 0.25) is 0 Å². The van der Waals surface area contributed by atoms with Crippen molar-refractivity contribution in [3.05, 3.63) is 230 Å². The van der Waals surface area contributed by atoms with E-state index in [0.717, 1.165) is 99.6 Å². The van der Waals surface area contributed by atoms with E-state index < -0.39 is 112 Å². The number of esters is 1. The third-order valence-electron chi connectivity index (χ3n) is 17.4. The molecule has 6 aromatic carbocycles. The minimum Gasteiger partial charge on any atom is -0.478 e. The zero-order valence-electron chi connectivity index (χ0n) is 64.2. The van der Waals surface area contributed by atoms with E-state index in [1.54, 1.807) is 75.4 Å². The predicted molar refractivity (Wildman–Crippen MR) is 424 cm³/mol. The van der Waals surface area contributed by atoms with Gasteiger partial charge in [0, 0.05) is 78.4 Å². The summed E-state index contributed by atoms with van der Waals surface area (Å²) in [5.41, 5.74) is 12.1. The van der Waals surface area contributed by atoms with Gasteiger partial charge >= 0.3 is 49.7 Å². The highest BCUT2D eigenvalue weighted by Gasteiger charge is 2.44. The molecule has 6 aromatic rings. The number of aliphatic carboxylic acids is 1. The molecule has 10 N–H and O–H groups in total.